The molecule has 0 heterocycles. The summed E-state index contributed by atoms with van der Waals surface area (Å²) in [4.78, 5) is 41.6. The summed E-state index contributed by atoms with van der Waals surface area (Å²) < 4.78 is 5.27. The van der Waals surface area contributed by atoms with Crippen molar-refractivity contribution in [3.8, 4) is 5.75 Å². The first-order valence-electron chi connectivity index (χ1n) is 13.4. The number of fused-ring (bicyclic) bond motifs is 1. The number of phenols is 1. The number of unbranched alkanes of at least 4 members (excludes halogenated alkanes) is 1. The van der Waals surface area contributed by atoms with E-state index in [-0.39, 0.29) is 17.9 Å². The molecule has 4 N–H and O–H groups in total. The van der Waals surface area contributed by atoms with Crippen LogP contribution in [0.3, 0.4) is 0 Å². The van der Waals surface area contributed by atoms with Gasteiger partial charge in [-0.3, -0.25) is 9.59 Å². The van der Waals surface area contributed by atoms with E-state index in [1.54, 1.807) is 52.0 Å². The highest BCUT2D eigenvalue weighted by atomic mass is 16.6. The van der Waals surface area contributed by atoms with Gasteiger partial charge in [0.05, 0.1) is 6.61 Å². The van der Waals surface area contributed by atoms with Crippen LogP contribution in [0.25, 0.3) is 10.8 Å². The molecule has 0 aromatic heterocycles. The summed E-state index contributed by atoms with van der Waals surface area (Å²) in [5.74, 6) is -1.34. The number of ether oxygens (including phenoxy) is 1. The van der Waals surface area contributed by atoms with Crippen LogP contribution in [0.15, 0.2) is 60.7 Å². The highest BCUT2D eigenvalue weighted by Gasteiger charge is 2.37. The first-order chi connectivity index (χ1) is 18.9. The van der Waals surface area contributed by atoms with Crippen LogP contribution >= 0.6 is 0 Å². The van der Waals surface area contributed by atoms with Crippen molar-refractivity contribution >= 4 is 34.4 Å². The van der Waals surface area contributed by atoms with Gasteiger partial charge in [-0.05, 0) is 62.6 Å². The Morgan fingerprint density at radius 2 is 1.70 bits per heavy atom. The zero-order valence-electron chi connectivity index (χ0n) is 23.7. The van der Waals surface area contributed by atoms with Crippen LogP contribution in [0.4, 0.5) is 10.5 Å². The summed E-state index contributed by atoms with van der Waals surface area (Å²) >= 11 is 0. The minimum atomic E-state index is -1.37. The van der Waals surface area contributed by atoms with E-state index < -0.39 is 42.2 Å². The molecule has 40 heavy (non-hydrogen) atoms. The zero-order chi connectivity index (χ0) is 29.4. The summed E-state index contributed by atoms with van der Waals surface area (Å²) in [6.45, 7) is 8.14. The quantitative estimate of drug-likeness (QED) is 0.280. The molecule has 2 atom stereocenters. The second-order valence-corrected chi connectivity index (χ2v) is 10.7. The van der Waals surface area contributed by atoms with Crippen LogP contribution in [0, 0.1) is 6.92 Å². The number of benzene rings is 3. The van der Waals surface area contributed by atoms with Crippen LogP contribution in [-0.4, -0.2) is 57.8 Å². The van der Waals surface area contributed by atoms with Crippen molar-refractivity contribution < 1.29 is 29.3 Å². The fourth-order valence-corrected chi connectivity index (χ4v) is 4.36. The summed E-state index contributed by atoms with van der Waals surface area (Å²) in [5, 5.41) is 28.3. The van der Waals surface area contributed by atoms with Gasteiger partial charge >= 0.3 is 6.09 Å². The molecule has 0 saturated carbocycles. The number of hydrogen-bond acceptors (Lipinski definition) is 6. The molecule has 0 aliphatic carbocycles. The number of anilines is 1. The number of para-hydroxylation sites is 1. The van der Waals surface area contributed by atoms with E-state index in [9.17, 15) is 24.6 Å². The number of carbonyl (C=O) groups excluding carboxylic acids is 3. The maximum Gasteiger partial charge on any atom is 0.408 e. The van der Waals surface area contributed by atoms with Crippen molar-refractivity contribution in [1.29, 1.82) is 0 Å². The molecule has 0 saturated heterocycles. The second kappa shape index (κ2) is 13.3. The molecule has 3 rings (SSSR count). The third-order valence-electron chi connectivity index (χ3n) is 6.35. The third-order valence-corrected chi connectivity index (χ3v) is 6.35. The van der Waals surface area contributed by atoms with Gasteiger partial charge in [-0.1, -0.05) is 61.9 Å². The smallest absolute Gasteiger partial charge is 0.408 e. The lowest BCUT2D eigenvalue weighted by atomic mass is 9.98. The predicted octanol–water partition coefficient (Wildman–Crippen LogP) is 5.05. The number of aromatic hydroxyl groups is 1. The molecule has 3 aromatic carbocycles. The lowest BCUT2D eigenvalue weighted by Gasteiger charge is -2.34. The summed E-state index contributed by atoms with van der Waals surface area (Å²) in [7, 11) is 0. The van der Waals surface area contributed by atoms with E-state index in [1.807, 2.05) is 43.3 Å². The molecule has 2 unspecified atom stereocenters. The molecule has 0 aliphatic heterocycles. The number of phenolic OH excluding ortho intramolecular Hbond substituents is 1. The van der Waals surface area contributed by atoms with Crippen molar-refractivity contribution in [2.75, 3.05) is 18.5 Å². The SMILES string of the molecule is CCCCN(C(=O)C(CO)NC(=O)OC(C)(C)C)C(C(=O)Nc1ccc2ccccc2c1)c1cccc(C)c1O. The van der Waals surface area contributed by atoms with Gasteiger partial charge < -0.3 is 30.5 Å². The minimum absolute atomic E-state index is 0.115. The summed E-state index contributed by atoms with van der Waals surface area (Å²) in [6, 6.07) is 15.6. The topological polar surface area (TPSA) is 128 Å². The first kappa shape index (κ1) is 30.4. The van der Waals surface area contributed by atoms with Crippen LogP contribution in [0.5, 0.6) is 5.75 Å². The molecule has 0 bridgehead atoms. The van der Waals surface area contributed by atoms with Crippen molar-refractivity contribution in [3.63, 3.8) is 0 Å². The average molecular weight is 550 g/mol. The van der Waals surface area contributed by atoms with Gasteiger partial charge in [0, 0.05) is 17.8 Å². The molecule has 0 spiro atoms. The van der Waals surface area contributed by atoms with Crippen molar-refractivity contribution in [1.82, 2.24) is 10.2 Å². The highest BCUT2D eigenvalue weighted by Crippen LogP contribution is 2.33. The largest absolute Gasteiger partial charge is 0.507 e. The number of amides is 3. The Morgan fingerprint density at radius 1 is 1.00 bits per heavy atom. The van der Waals surface area contributed by atoms with Crippen LogP contribution < -0.4 is 10.6 Å². The van der Waals surface area contributed by atoms with Crippen molar-refractivity contribution in [2.45, 2.75) is 65.1 Å². The van der Waals surface area contributed by atoms with E-state index >= 15 is 0 Å². The molecule has 3 amide bonds. The third kappa shape index (κ3) is 7.72. The molecular weight excluding hydrogens is 510 g/mol. The van der Waals surface area contributed by atoms with Gasteiger partial charge in [0.2, 0.25) is 5.91 Å². The number of aryl methyl sites for hydroxylation is 1. The minimum Gasteiger partial charge on any atom is -0.507 e. The number of nitrogens with one attached hydrogen (secondary N) is 2. The van der Waals surface area contributed by atoms with Gasteiger partial charge in [-0.25, -0.2) is 4.79 Å². The van der Waals surface area contributed by atoms with Gasteiger partial charge in [-0.2, -0.15) is 0 Å². The number of nitrogens with zero attached hydrogens (tertiary/aromatic N) is 1. The number of hydrogen-bond donors (Lipinski definition) is 4. The molecule has 0 aliphatic rings. The zero-order valence-corrected chi connectivity index (χ0v) is 23.7. The summed E-state index contributed by atoms with van der Waals surface area (Å²) in [5.41, 5.74) is 0.477. The highest BCUT2D eigenvalue weighted by molar-refractivity contribution is 6.00. The normalized spacial score (nSPS) is 12.8. The maximum absolute atomic E-state index is 14.0. The number of aliphatic hydroxyl groups excluding tert-OH is 1. The van der Waals surface area contributed by atoms with E-state index in [4.69, 9.17) is 4.74 Å². The Morgan fingerprint density at radius 3 is 2.35 bits per heavy atom. The molecule has 0 radical (unpaired) electrons. The molecule has 9 heteroatoms. The van der Waals surface area contributed by atoms with E-state index in [1.165, 1.54) is 4.90 Å². The van der Waals surface area contributed by atoms with E-state index in [2.05, 4.69) is 10.6 Å². The van der Waals surface area contributed by atoms with Gasteiger partial charge in [0.15, 0.2) is 0 Å². The van der Waals surface area contributed by atoms with Crippen LogP contribution in [-0.2, 0) is 14.3 Å². The molecular formula is C31H39N3O6. The Kier molecular flexibility index (Phi) is 10.1. The molecule has 9 nitrogen and oxygen atoms in total. The molecule has 214 valence electrons. The number of rotatable bonds is 10. The first-order valence-corrected chi connectivity index (χ1v) is 13.4. The summed E-state index contributed by atoms with van der Waals surface area (Å²) in [6.07, 6.45) is 0.389. The van der Waals surface area contributed by atoms with Gasteiger partial charge in [0.1, 0.15) is 23.4 Å². The van der Waals surface area contributed by atoms with Crippen LogP contribution in [0.2, 0.25) is 0 Å². The second-order valence-electron chi connectivity index (χ2n) is 10.7. The molecule has 3 aromatic rings. The Hall–Kier alpha value is -4.11. The standard InChI is InChI=1S/C31H39N3O6/c1-6-7-17-34(29(38)25(19-35)33-30(39)40-31(3,4)5)26(24-14-10-11-20(2)27(24)36)28(37)32-23-16-15-21-12-8-9-13-22(21)18-23/h8-16,18,25-26,35-36H,6-7,17,19H2,1-5H3,(H,32,37)(H,33,39). The fraction of sp³-hybridized carbons (Fsp3) is 0.387. The average Bonchev–Trinajstić information content (AvgIpc) is 2.90. The van der Waals surface area contributed by atoms with Gasteiger partial charge in [-0.15, -0.1) is 0 Å². The van der Waals surface area contributed by atoms with Gasteiger partial charge in [0.25, 0.3) is 5.91 Å². The number of aliphatic hydroxyl groups is 1. The Bertz CT molecular complexity index is 1350. The number of alkyl carbamates (subject to hydrolysis) is 1. The predicted molar refractivity (Wildman–Crippen MR) is 155 cm³/mol. The van der Waals surface area contributed by atoms with E-state index in [0.717, 1.165) is 10.8 Å². The fourth-order valence-electron chi connectivity index (χ4n) is 4.36. The monoisotopic (exact) mass is 549 g/mol. The Labute approximate surface area is 235 Å². The number of carbonyl (C=O) groups is 3. The lowest BCUT2D eigenvalue weighted by Crippen LogP contribution is -2.54. The maximum atomic E-state index is 14.0. The van der Waals surface area contributed by atoms with Crippen molar-refractivity contribution in [3.05, 3.63) is 71.8 Å². The van der Waals surface area contributed by atoms with E-state index in [0.29, 0.717) is 24.1 Å². The Balaban J connectivity index is 2.03. The molecule has 0 fully saturated rings. The van der Waals surface area contributed by atoms with Crippen molar-refractivity contribution in [2.24, 2.45) is 0 Å². The van der Waals surface area contributed by atoms with Crippen LogP contribution in [0.1, 0.15) is 57.7 Å². The lowest BCUT2D eigenvalue weighted by molar-refractivity contribution is -0.141.